The van der Waals surface area contributed by atoms with Gasteiger partial charge in [-0.3, -0.25) is 4.57 Å². The Morgan fingerprint density at radius 1 is 0.365 bits per heavy atom. The average Bonchev–Trinajstić information content (AvgIpc) is 3.70. The Hall–Kier alpha value is -7.04. The first-order valence-electron chi connectivity index (χ1n) is 17.8. The first kappa shape index (κ1) is 27.7. The molecule has 0 radical (unpaired) electrons. The van der Waals surface area contributed by atoms with Gasteiger partial charge in [0.05, 0.1) is 38.8 Å². The van der Waals surface area contributed by atoms with Gasteiger partial charge in [0, 0.05) is 48.8 Å². The lowest BCUT2D eigenvalue weighted by molar-refractivity contribution is 1.02. The number of fused-ring (bicyclic) bond motifs is 8. The maximum Gasteiger partial charge on any atom is 0.235 e. The van der Waals surface area contributed by atoms with E-state index in [1.54, 1.807) is 0 Å². The van der Waals surface area contributed by atoms with Crippen LogP contribution in [0.25, 0.3) is 110 Å². The van der Waals surface area contributed by atoms with E-state index < -0.39 is 0 Å². The lowest BCUT2D eigenvalue weighted by Gasteiger charge is -2.15. The number of hydrogen-bond acceptors (Lipinski definition) is 2. The summed E-state index contributed by atoms with van der Waals surface area (Å²) in [5.74, 6) is 0.658. The van der Waals surface area contributed by atoms with Crippen LogP contribution in [0, 0.1) is 0 Å². The lowest BCUT2D eigenvalue weighted by Crippen LogP contribution is -2.04. The minimum Gasteiger partial charge on any atom is -0.308 e. The fourth-order valence-electron chi connectivity index (χ4n) is 8.89. The van der Waals surface area contributed by atoms with Crippen molar-refractivity contribution in [3.63, 3.8) is 0 Å². The number of hydrogen-bond donors (Lipinski definition) is 0. The zero-order valence-electron chi connectivity index (χ0n) is 28.0. The molecule has 52 heavy (non-hydrogen) atoms. The van der Waals surface area contributed by atoms with Gasteiger partial charge in [-0.1, -0.05) is 146 Å². The first-order chi connectivity index (χ1) is 25.8. The molecule has 8 aromatic carbocycles. The van der Waals surface area contributed by atoms with Crippen molar-refractivity contribution >= 4 is 81.6 Å². The Bertz CT molecular complexity index is 3390. The van der Waals surface area contributed by atoms with Crippen molar-refractivity contribution in [2.75, 3.05) is 0 Å². The Morgan fingerprint density at radius 2 is 1.00 bits per heavy atom. The minimum atomic E-state index is 0.658. The van der Waals surface area contributed by atoms with Crippen LogP contribution in [0.15, 0.2) is 170 Å². The summed E-state index contributed by atoms with van der Waals surface area (Å²) in [6, 6.07) is 61.1. The van der Waals surface area contributed by atoms with E-state index in [0.29, 0.717) is 5.95 Å². The summed E-state index contributed by atoms with van der Waals surface area (Å²) in [7, 11) is 0. The summed E-state index contributed by atoms with van der Waals surface area (Å²) in [6.45, 7) is 0. The van der Waals surface area contributed by atoms with Gasteiger partial charge in [0.1, 0.15) is 0 Å². The highest BCUT2D eigenvalue weighted by Crippen LogP contribution is 2.47. The Labute approximate surface area is 297 Å². The highest BCUT2D eigenvalue weighted by atomic mass is 15.2. The number of rotatable bonds is 3. The monoisotopic (exact) mass is 660 g/mol. The number of benzene rings is 8. The second-order valence-electron chi connectivity index (χ2n) is 13.7. The molecule has 0 aliphatic carbocycles. The van der Waals surface area contributed by atoms with Gasteiger partial charge in [-0.2, -0.15) is 0 Å². The standard InChI is InChI=1S/C48H28N4/c1-3-13-29(14-4-1)33-27-28-35-37-21-11-20-36-34-19-9-10-22-39(34)51(46(36)37)40-23-12-24-41-43(40)42(35)47(33)52(41)48-49-44(31-16-5-2-6-17-31)38-26-25-30-15-7-8-18-32(30)45(38)50-48/h1-28H. The van der Waals surface area contributed by atoms with Crippen molar-refractivity contribution in [1.82, 2.24) is 18.9 Å². The highest BCUT2D eigenvalue weighted by Gasteiger charge is 2.26. The molecule has 0 spiro atoms. The molecule has 4 heterocycles. The second-order valence-corrected chi connectivity index (χ2v) is 13.7. The molecule has 0 fully saturated rings. The van der Waals surface area contributed by atoms with Gasteiger partial charge >= 0.3 is 0 Å². The molecular formula is C48H28N4. The fourth-order valence-corrected chi connectivity index (χ4v) is 8.89. The van der Waals surface area contributed by atoms with E-state index in [-0.39, 0.29) is 0 Å². The van der Waals surface area contributed by atoms with Crippen LogP contribution in [0.4, 0.5) is 0 Å². The predicted molar refractivity (Wildman–Crippen MR) is 217 cm³/mol. The van der Waals surface area contributed by atoms with Crippen LogP contribution in [0.2, 0.25) is 0 Å². The van der Waals surface area contributed by atoms with Gasteiger partial charge < -0.3 is 4.40 Å². The third-order valence-electron chi connectivity index (χ3n) is 11.1. The summed E-state index contributed by atoms with van der Waals surface area (Å²) in [6.07, 6.45) is 0. The normalized spacial score (nSPS) is 12.2. The van der Waals surface area contributed by atoms with Gasteiger partial charge in [0.15, 0.2) is 0 Å². The van der Waals surface area contributed by atoms with Crippen LogP contribution >= 0.6 is 0 Å². The summed E-state index contributed by atoms with van der Waals surface area (Å²) in [5.41, 5.74) is 11.0. The second kappa shape index (κ2) is 10.3. The van der Waals surface area contributed by atoms with E-state index in [1.807, 2.05) is 0 Å². The maximum absolute atomic E-state index is 5.54. The molecule has 12 aromatic rings. The highest BCUT2D eigenvalue weighted by molar-refractivity contribution is 6.32. The van der Waals surface area contributed by atoms with E-state index in [2.05, 4.69) is 179 Å². The van der Waals surface area contributed by atoms with Crippen molar-refractivity contribution in [1.29, 1.82) is 0 Å². The molecule has 0 atom stereocenters. The molecule has 0 bridgehead atoms. The van der Waals surface area contributed by atoms with Crippen molar-refractivity contribution in [3.8, 4) is 28.3 Å². The number of nitrogens with zero attached hydrogens (tertiary/aromatic N) is 4. The Morgan fingerprint density at radius 3 is 1.85 bits per heavy atom. The molecule has 0 aliphatic heterocycles. The minimum absolute atomic E-state index is 0.658. The SMILES string of the molecule is c1ccc(-c2nc(-n3c4cccc5c4c4c(ccc(-c6ccccc6)c43)c3cccc4c6ccccc6n5c34)nc3c2ccc2ccccc23)cc1. The summed E-state index contributed by atoms with van der Waals surface area (Å²) in [5, 5.41) is 10.7. The molecule has 4 heteroatoms. The largest absolute Gasteiger partial charge is 0.308 e. The summed E-state index contributed by atoms with van der Waals surface area (Å²) in [4.78, 5) is 11.1. The average molecular weight is 661 g/mol. The molecule has 4 nitrogen and oxygen atoms in total. The maximum atomic E-state index is 5.54. The van der Waals surface area contributed by atoms with Crippen molar-refractivity contribution in [2.24, 2.45) is 0 Å². The van der Waals surface area contributed by atoms with E-state index in [1.165, 1.54) is 48.9 Å². The van der Waals surface area contributed by atoms with Gasteiger partial charge in [-0.15, -0.1) is 0 Å². The molecular weight excluding hydrogens is 633 g/mol. The zero-order chi connectivity index (χ0) is 33.9. The third kappa shape index (κ3) is 3.60. The van der Waals surface area contributed by atoms with E-state index in [9.17, 15) is 0 Å². The van der Waals surface area contributed by atoms with Crippen molar-refractivity contribution in [2.45, 2.75) is 0 Å². The third-order valence-corrected chi connectivity index (χ3v) is 11.1. The summed E-state index contributed by atoms with van der Waals surface area (Å²) >= 11 is 0. The van der Waals surface area contributed by atoms with E-state index in [4.69, 9.17) is 9.97 Å². The molecule has 240 valence electrons. The Kier molecular flexibility index (Phi) is 5.47. The quantitative estimate of drug-likeness (QED) is 0.177. The zero-order valence-corrected chi connectivity index (χ0v) is 28.0. The van der Waals surface area contributed by atoms with Crippen molar-refractivity contribution in [3.05, 3.63) is 170 Å². The van der Waals surface area contributed by atoms with Crippen LogP contribution in [0.1, 0.15) is 0 Å². The molecule has 0 unspecified atom stereocenters. The summed E-state index contributed by atoms with van der Waals surface area (Å²) < 4.78 is 4.82. The number of aromatic nitrogens is 4. The topological polar surface area (TPSA) is 35.1 Å². The van der Waals surface area contributed by atoms with Gasteiger partial charge in [0.25, 0.3) is 0 Å². The van der Waals surface area contributed by atoms with Gasteiger partial charge in [0.2, 0.25) is 5.95 Å². The van der Waals surface area contributed by atoms with E-state index >= 15 is 0 Å². The van der Waals surface area contributed by atoms with Crippen LogP contribution in [0.5, 0.6) is 0 Å². The molecule has 4 aromatic heterocycles. The first-order valence-corrected chi connectivity index (χ1v) is 17.8. The smallest absolute Gasteiger partial charge is 0.235 e. The fraction of sp³-hybridized carbons (Fsp3) is 0. The van der Waals surface area contributed by atoms with Crippen LogP contribution in [-0.2, 0) is 0 Å². The van der Waals surface area contributed by atoms with Crippen molar-refractivity contribution < 1.29 is 0 Å². The predicted octanol–water partition coefficient (Wildman–Crippen LogP) is 12.4. The van der Waals surface area contributed by atoms with Gasteiger partial charge in [-0.05, 0) is 40.6 Å². The van der Waals surface area contributed by atoms with Crippen LogP contribution < -0.4 is 0 Å². The van der Waals surface area contributed by atoms with E-state index in [0.717, 1.165) is 55.1 Å². The molecule has 0 amide bonds. The lowest BCUT2D eigenvalue weighted by atomic mass is 9.97. The molecule has 0 aliphatic rings. The van der Waals surface area contributed by atoms with Crippen LogP contribution in [0.3, 0.4) is 0 Å². The number of para-hydroxylation sites is 2. The molecule has 0 saturated heterocycles. The molecule has 0 N–H and O–H groups in total. The molecule has 12 rings (SSSR count). The Balaban J connectivity index is 1.36. The van der Waals surface area contributed by atoms with Gasteiger partial charge in [-0.25, -0.2) is 9.97 Å². The molecule has 0 saturated carbocycles. The van der Waals surface area contributed by atoms with Crippen LogP contribution in [-0.4, -0.2) is 18.9 Å².